The Balaban J connectivity index is 0.00000357. The van der Waals surface area contributed by atoms with Crippen molar-refractivity contribution >= 4 is 32.5 Å². The van der Waals surface area contributed by atoms with Crippen molar-refractivity contribution in [1.82, 2.24) is 9.55 Å². The topological polar surface area (TPSA) is 17.8 Å². The van der Waals surface area contributed by atoms with E-state index in [9.17, 15) is 0 Å². The normalized spacial score (nSPS) is 11.6. The average Bonchev–Trinajstić information content (AvgIpc) is 3.61. The monoisotopic (exact) mass is 782 g/mol. The Morgan fingerprint density at radius 2 is 1.31 bits per heavy atom. The van der Waals surface area contributed by atoms with Gasteiger partial charge >= 0.3 is 0 Å². The fourth-order valence-electron chi connectivity index (χ4n) is 6.60. The van der Waals surface area contributed by atoms with E-state index in [1.54, 1.807) is 11.3 Å². The molecule has 0 saturated heterocycles. The number of aromatic nitrogens is 2. The fraction of sp³-hybridized carbons (Fsp3) is 0.195. The van der Waals surface area contributed by atoms with E-state index < -0.39 is 0 Å². The van der Waals surface area contributed by atoms with E-state index in [2.05, 4.69) is 155 Å². The van der Waals surface area contributed by atoms with Crippen LogP contribution in [0.15, 0.2) is 103 Å². The first-order valence-corrected chi connectivity index (χ1v) is 16.4. The molecule has 45 heavy (non-hydrogen) atoms. The summed E-state index contributed by atoms with van der Waals surface area (Å²) in [5.74, 6) is 1.60. The van der Waals surface area contributed by atoms with Crippen LogP contribution in [0.2, 0.25) is 0 Å². The molecular formula is C41H37IrN2S-. The van der Waals surface area contributed by atoms with Gasteiger partial charge in [0, 0.05) is 25.8 Å². The second-order valence-corrected chi connectivity index (χ2v) is 13.3. The van der Waals surface area contributed by atoms with Crippen LogP contribution in [0.3, 0.4) is 0 Å². The first-order valence-electron chi connectivity index (χ1n) is 15.5. The van der Waals surface area contributed by atoms with E-state index in [-0.39, 0.29) is 20.1 Å². The summed E-state index contributed by atoms with van der Waals surface area (Å²) in [4.78, 5) is 5.31. The van der Waals surface area contributed by atoms with Crippen LogP contribution in [0.1, 0.15) is 61.8 Å². The second-order valence-electron chi connectivity index (χ2n) is 12.5. The number of hydrogen-bond acceptors (Lipinski definition) is 2. The molecule has 5 aromatic carbocycles. The molecule has 7 aromatic rings. The Morgan fingerprint density at radius 1 is 0.667 bits per heavy atom. The summed E-state index contributed by atoms with van der Waals surface area (Å²) >= 11 is 1.69. The van der Waals surface area contributed by atoms with E-state index in [1.165, 1.54) is 60.3 Å². The number of hydrogen-bond donors (Lipinski definition) is 0. The van der Waals surface area contributed by atoms with Gasteiger partial charge in [-0.3, -0.25) is 16.3 Å². The van der Waals surface area contributed by atoms with Crippen molar-refractivity contribution in [2.24, 2.45) is 0 Å². The number of para-hydroxylation sites is 2. The zero-order valence-corrected chi connectivity index (χ0v) is 29.8. The van der Waals surface area contributed by atoms with Crippen LogP contribution >= 0.6 is 11.3 Å². The van der Waals surface area contributed by atoms with Crippen LogP contribution < -0.4 is 0 Å². The molecule has 227 valence electrons. The SMILES string of the molecule is Cc1cccc(C)c1-c1ccc2c(-c3nc4ccccc4n3-c3c(C(C)C)cc(-c4ccccc4)cc3C(C)C)[c-]sc2c1.[Ir]. The minimum atomic E-state index is 0. The molecule has 0 fully saturated rings. The van der Waals surface area contributed by atoms with Gasteiger partial charge in [-0.1, -0.05) is 116 Å². The van der Waals surface area contributed by atoms with Gasteiger partial charge in [-0.25, -0.2) is 0 Å². The van der Waals surface area contributed by atoms with Gasteiger partial charge in [0.25, 0.3) is 0 Å². The minimum Gasteiger partial charge on any atom is -0.333 e. The molecular weight excluding hydrogens is 745 g/mol. The number of imidazole rings is 1. The summed E-state index contributed by atoms with van der Waals surface area (Å²) in [6.07, 6.45) is 0. The molecule has 0 N–H and O–H groups in total. The summed E-state index contributed by atoms with van der Waals surface area (Å²) in [7, 11) is 0. The van der Waals surface area contributed by atoms with E-state index in [0.717, 1.165) is 22.4 Å². The largest absolute Gasteiger partial charge is 0.333 e. The Labute approximate surface area is 284 Å². The standard InChI is InChI=1S/C41H37N2S.Ir/c1-25(2)33-21-31(29-15-8-7-9-16-29)22-34(26(3)4)40(33)43-37-18-11-10-17-36(37)42-41(43)35-24-44-38-23-30(19-20-32(35)38)39-27(5)13-12-14-28(39)6;/h7-23,25-26H,1-6H3;/q-1;. The first kappa shape index (κ1) is 31.2. The second kappa shape index (κ2) is 12.5. The zero-order chi connectivity index (χ0) is 30.5. The fourth-order valence-corrected chi connectivity index (χ4v) is 7.48. The van der Waals surface area contributed by atoms with Crippen LogP contribution in [0.5, 0.6) is 0 Å². The molecule has 4 heteroatoms. The molecule has 0 unspecified atom stereocenters. The average molecular weight is 782 g/mol. The van der Waals surface area contributed by atoms with Crippen LogP contribution in [0.4, 0.5) is 0 Å². The predicted octanol–water partition coefficient (Wildman–Crippen LogP) is 11.9. The molecule has 0 spiro atoms. The van der Waals surface area contributed by atoms with Crippen molar-refractivity contribution < 1.29 is 20.1 Å². The van der Waals surface area contributed by atoms with Gasteiger partial charge in [0.1, 0.15) is 0 Å². The first-order chi connectivity index (χ1) is 21.3. The minimum absolute atomic E-state index is 0. The third-order valence-corrected chi connectivity index (χ3v) is 9.68. The number of benzene rings is 5. The maximum Gasteiger partial charge on any atom is 0.0774 e. The van der Waals surface area contributed by atoms with Crippen LogP contribution in [0, 0.1) is 19.2 Å². The maximum atomic E-state index is 5.31. The van der Waals surface area contributed by atoms with E-state index in [4.69, 9.17) is 4.98 Å². The van der Waals surface area contributed by atoms with Crippen LogP contribution in [-0.4, -0.2) is 9.55 Å². The van der Waals surface area contributed by atoms with Crippen molar-refractivity contribution in [3.8, 4) is 39.3 Å². The van der Waals surface area contributed by atoms with Crippen molar-refractivity contribution in [2.75, 3.05) is 0 Å². The van der Waals surface area contributed by atoms with Gasteiger partial charge in [0.2, 0.25) is 0 Å². The molecule has 1 radical (unpaired) electrons. The molecule has 2 nitrogen and oxygen atoms in total. The third-order valence-electron chi connectivity index (χ3n) is 8.81. The van der Waals surface area contributed by atoms with Crippen molar-refractivity contribution in [3.63, 3.8) is 0 Å². The zero-order valence-electron chi connectivity index (χ0n) is 26.6. The summed E-state index contributed by atoms with van der Waals surface area (Å²) in [5.41, 5.74) is 14.8. The quantitative estimate of drug-likeness (QED) is 0.154. The van der Waals surface area contributed by atoms with Crippen molar-refractivity contribution in [3.05, 3.63) is 131 Å². The van der Waals surface area contributed by atoms with Gasteiger partial charge in [-0.2, -0.15) is 0 Å². The number of fused-ring (bicyclic) bond motifs is 2. The van der Waals surface area contributed by atoms with Gasteiger partial charge in [-0.05, 0) is 94.5 Å². The summed E-state index contributed by atoms with van der Waals surface area (Å²) in [5, 5.41) is 4.90. The molecule has 0 amide bonds. The Hall–Kier alpha value is -3.82. The van der Waals surface area contributed by atoms with Gasteiger partial charge < -0.3 is 4.57 Å². The number of thiophene rings is 1. The van der Waals surface area contributed by atoms with Gasteiger partial charge in [0.05, 0.1) is 16.9 Å². The Morgan fingerprint density at radius 3 is 1.98 bits per heavy atom. The summed E-state index contributed by atoms with van der Waals surface area (Å²) in [6, 6.07) is 37.5. The number of nitrogens with zero attached hydrogens (tertiary/aromatic N) is 2. The van der Waals surface area contributed by atoms with Gasteiger partial charge in [0.15, 0.2) is 0 Å². The molecule has 0 aliphatic carbocycles. The molecule has 0 atom stereocenters. The van der Waals surface area contributed by atoms with Crippen molar-refractivity contribution in [1.29, 1.82) is 0 Å². The molecule has 2 heterocycles. The third kappa shape index (κ3) is 5.50. The smallest absolute Gasteiger partial charge is 0.0774 e. The number of rotatable bonds is 6. The van der Waals surface area contributed by atoms with E-state index in [0.29, 0.717) is 11.8 Å². The molecule has 0 aliphatic heterocycles. The van der Waals surface area contributed by atoms with Crippen LogP contribution in [0.25, 0.3) is 60.4 Å². The summed E-state index contributed by atoms with van der Waals surface area (Å²) in [6.45, 7) is 13.6. The molecule has 0 bridgehead atoms. The Kier molecular flexibility index (Phi) is 8.68. The number of aryl methyl sites for hydroxylation is 2. The van der Waals surface area contributed by atoms with Crippen molar-refractivity contribution in [2.45, 2.75) is 53.4 Å². The van der Waals surface area contributed by atoms with E-state index in [1.807, 2.05) is 0 Å². The van der Waals surface area contributed by atoms with E-state index >= 15 is 0 Å². The predicted molar refractivity (Wildman–Crippen MR) is 189 cm³/mol. The van der Waals surface area contributed by atoms with Crippen LogP contribution in [-0.2, 0) is 20.1 Å². The molecule has 7 rings (SSSR count). The van der Waals surface area contributed by atoms with Gasteiger partial charge in [-0.15, -0.1) is 11.5 Å². The molecule has 0 aliphatic rings. The summed E-state index contributed by atoms with van der Waals surface area (Å²) < 4.78 is 3.65. The molecule has 0 saturated carbocycles. The maximum absolute atomic E-state index is 5.31. The Bertz CT molecular complexity index is 2100. The molecule has 2 aromatic heterocycles.